The van der Waals surface area contributed by atoms with Crippen molar-refractivity contribution in [2.45, 2.75) is 32.4 Å². The monoisotopic (exact) mass is 534 g/mol. The lowest BCUT2D eigenvalue weighted by atomic mass is 10.1. The predicted octanol–water partition coefficient (Wildman–Crippen LogP) is 5.70. The van der Waals surface area contributed by atoms with E-state index in [1.165, 1.54) is 36.0 Å². The molecule has 0 bridgehead atoms. The zero-order valence-corrected chi connectivity index (χ0v) is 21.2. The molecule has 0 aliphatic carbocycles. The second-order valence-corrected chi connectivity index (χ2v) is 10.0. The number of nitrogens with zero attached hydrogens (tertiary/aromatic N) is 5. The van der Waals surface area contributed by atoms with Crippen LogP contribution in [0.4, 0.5) is 10.2 Å². The summed E-state index contributed by atoms with van der Waals surface area (Å²) in [6.45, 7) is 0.917. The Bertz CT molecular complexity index is 1670. The predicted molar refractivity (Wildman–Crippen MR) is 142 cm³/mol. The van der Waals surface area contributed by atoms with Gasteiger partial charge in [0.2, 0.25) is 0 Å². The summed E-state index contributed by atoms with van der Waals surface area (Å²) in [6, 6.07) is 11.0. The third-order valence-electron chi connectivity index (χ3n) is 6.15. The molecule has 1 aliphatic rings. The van der Waals surface area contributed by atoms with Crippen molar-refractivity contribution >= 4 is 28.2 Å². The Kier molecular flexibility index (Phi) is 5.98. The third-order valence-corrected chi connectivity index (χ3v) is 6.96. The molecule has 5 aromatic rings. The van der Waals surface area contributed by atoms with Gasteiger partial charge in [-0.1, -0.05) is 0 Å². The van der Waals surface area contributed by atoms with Gasteiger partial charge < -0.3 is 19.9 Å². The van der Waals surface area contributed by atoms with Gasteiger partial charge in [-0.25, -0.2) is 24.0 Å². The van der Waals surface area contributed by atoms with Crippen molar-refractivity contribution in [3.63, 3.8) is 0 Å². The van der Waals surface area contributed by atoms with E-state index in [9.17, 15) is 4.39 Å². The summed E-state index contributed by atoms with van der Waals surface area (Å²) in [5, 5.41) is 6.26. The highest BCUT2D eigenvalue weighted by Crippen LogP contribution is 2.35. The molecule has 9 nitrogen and oxygen atoms in total. The zero-order chi connectivity index (χ0) is 27.9. The van der Waals surface area contributed by atoms with Crippen molar-refractivity contribution in [3.8, 4) is 28.5 Å². The number of aryl methyl sites for hydroxylation is 1. The van der Waals surface area contributed by atoms with Gasteiger partial charge in [-0.15, -0.1) is 11.3 Å². The number of rotatable bonds is 7. The number of hydrogen-bond donors (Lipinski definition) is 1. The standard InChI is InChI=1S/C27H25FN6O3S/c1-16-30-13-23(38-16)14-36-21-10-18(28)11-22(12-21)37-20-4-2-17(3-5-20)25-24-26(29)31-15-32-27(24)34(33-25)19-6-8-35-9-7-19/h2-5,10-13,15,19H,6-9,14H2,1H3,(H2,29,31,32)/i14D2. The summed E-state index contributed by atoms with van der Waals surface area (Å²) in [6.07, 6.45) is 4.51. The van der Waals surface area contributed by atoms with E-state index in [2.05, 4.69) is 15.0 Å². The Labute approximate surface area is 224 Å². The molecule has 1 saturated heterocycles. The first-order valence-corrected chi connectivity index (χ1v) is 12.9. The van der Waals surface area contributed by atoms with Gasteiger partial charge in [0.05, 0.1) is 24.1 Å². The molecular formula is C27H25FN6O3S. The topological polar surface area (TPSA) is 110 Å². The van der Waals surface area contributed by atoms with E-state index in [-0.39, 0.29) is 22.4 Å². The highest BCUT2D eigenvalue weighted by Gasteiger charge is 2.24. The summed E-state index contributed by atoms with van der Waals surface area (Å²) >= 11 is 1.17. The SMILES string of the molecule is [2H]C([2H])(Oc1cc(F)cc(Oc2ccc(-c3nn(C4CCOCC4)c4ncnc(N)c34)cc2)c1)c1cnc(C)s1. The first-order valence-electron chi connectivity index (χ1n) is 13.0. The Morgan fingerprint density at radius 3 is 2.66 bits per heavy atom. The molecule has 1 fully saturated rings. The van der Waals surface area contributed by atoms with Gasteiger partial charge in [0.1, 0.15) is 47.5 Å². The molecule has 2 N–H and O–H groups in total. The van der Waals surface area contributed by atoms with E-state index in [0.717, 1.165) is 24.5 Å². The van der Waals surface area contributed by atoms with Crippen LogP contribution in [-0.2, 0) is 11.3 Å². The number of halogens is 1. The fourth-order valence-electron chi connectivity index (χ4n) is 4.37. The van der Waals surface area contributed by atoms with Crippen molar-refractivity contribution in [1.29, 1.82) is 0 Å². The number of ether oxygens (including phenoxy) is 3. The first kappa shape index (κ1) is 21.9. The van der Waals surface area contributed by atoms with Gasteiger partial charge in [-0.3, -0.25) is 0 Å². The van der Waals surface area contributed by atoms with Crippen LogP contribution in [0.15, 0.2) is 55.0 Å². The second-order valence-electron chi connectivity index (χ2n) is 8.79. The minimum Gasteiger partial charge on any atom is -0.488 e. The summed E-state index contributed by atoms with van der Waals surface area (Å²) < 4.78 is 49.7. The molecular weight excluding hydrogens is 507 g/mol. The van der Waals surface area contributed by atoms with E-state index in [4.69, 9.17) is 27.8 Å². The zero-order valence-electron chi connectivity index (χ0n) is 22.4. The van der Waals surface area contributed by atoms with Crippen molar-refractivity contribution in [2.24, 2.45) is 0 Å². The molecule has 0 spiro atoms. The third kappa shape index (κ3) is 5.02. The van der Waals surface area contributed by atoms with E-state index in [0.29, 0.717) is 46.5 Å². The molecule has 38 heavy (non-hydrogen) atoms. The summed E-state index contributed by atoms with van der Waals surface area (Å²) in [7, 11) is 0. The summed E-state index contributed by atoms with van der Waals surface area (Å²) in [5.41, 5.74) is 8.38. The van der Waals surface area contributed by atoms with Gasteiger partial charge in [0, 0.05) is 43.2 Å². The lowest BCUT2D eigenvalue weighted by Gasteiger charge is -2.22. The lowest BCUT2D eigenvalue weighted by Crippen LogP contribution is -2.20. The molecule has 0 saturated carbocycles. The summed E-state index contributed by atoms with van der Waals surface area (Å²) in [5.74, 6) is 0.313. The van der Waals surface area contributed by atoms with Crippen LogP contribution in [0, 0.1) is 12.7 Å². The van der Waals surface area contributed by atoms with E-state index in [1.807, 2.05) is 16.8 Å². The molecule has 0 radical (unpaired) electrons. The number of thiazole rings is 1. The molecule has 0 amide bonds. The van der Waals surface area contributed by atoms with Crippen LogP contribution in [0.2, 0.25) is 0 Å². The Morgan fingerprint density at radius 1 is 1.11 bits per heavy atom. The maximum absolute atomic E-state index is 14.4. The molecule has 194 valence electrons. The van der Waals surface area contributed by atoms with Crippen LogP contribution >= 0.6 is 11.3 Å². The normalized spacial score (nSPS) is 15.3. The fourth-order valence-corrected chi connectivity index (χ4v) is 4.98. The molecule has 6 rings (SSSR count). The van der Waals surface area contributed by atoms with Crippen LogP contribution in [0.3, 0.4) is 0 Å². The van der Waals surface area contributed by atoms with Crippen LogP contribution in [0.5, 0.6) is 17.2 Å². The van der Waals surface area contributed by atoms with Crippen LogP contribution in [0.1, 0.15) is 31.5 Å². The number of anilines is 1. The van der Waals surface area contributed by atoms with E-state index in [1.54, 1.807) is 19.1 Å². The van der Waals surface area contributed by atoms with Crippen molar-refractivity contribution in [2.75, 3.05) is 18.9 Å². The molecule has 11 heteroatoms. The smallest absolute Gasteiger partial charge is 0.164 e. The molecule has 0 atom stereocenters. The number of aromatic nitrogens is 5. The van der Waals surface area contributed by atoms with Crippen LogP contribution in [0.25, 0.3) is 22.3 Å². The van der Waals surface area contributed by atoms with Crippen molar-refractivity contribution in [3.05, 3.63) is 70.7 Å². The average Bonchev–Trinajstić information content (AvgIpc) is 3.54. The van der Waals surface area contributed by atoms with E-state index < -0.39 is 12.4 Å². The molecule has 0 unspecified atom stereocenters. The van der Waals surface area contributed by atoms with Crippen molar-refractivity contribution in [1.82, 2.24) is 24.7 Å². The number of nitrogen functional groups attached to an aromatic ring is 1. The maximum atomic E-state index is 14.4. The van der Waals surface area contributed by atoms with Gasteiger partial charge in [-0.05, 0) is 44.0 Å². The average molecular weight is 535 g/mol. The first-order chi connectivity index (χ1) is 19.3. The minimum absolute atomic E-state index is 0.0109. The molecule has 2 aromatic carbocycles. The van der Waals surface area contributed by atoms with Crippen LogP contribution in [-0.4, -0.2) is 37.9 Å². The number of hydrogen-bond acceptors (Lipinski definition) is 9. The Balaban J connectivity index is 1.25. The van der Waals surface area contributed by atoms with Crippen LogP contribution < -0.4 is 15.2 Å². The lowest BCUT2D eigenvalue weighted by molar-refractivity contribution is 0.0674. The minimum atomic E-state index is -2.18. The number of benzene rings is 2. The highest BCUT2D eigenvalue weighted by molar-refractivity contribution is 7.11. The highest BCUT2D eigenvalue weighted by atomic mass is 32.1. The quantitative estimate of drug-likeness (QED) is 0.283. The largest absolute Gasteiger partial charge is 0.488 e. The second kappa shape index (κ2) is 10.3. The van der Waals surface area contributed by atoms with Crippen molar-refractivity contribution < 1.29 is 21.3 Å². The number of nitrogens with two attached hydrogens (primary N) is 1. The molecule has 3 aromatic heterocycles. The Morgan fingerprint density at radius 2 is 1.89 bits per heavy atom. The van der Waals surface area contributed by atoms with Gasteiger partial charge >= 0.3 is 0 Å². The fraction of sp³-hybridized carbons (Fsp3) is 0.259. The Hall–Kier alpha value is -4.09. The van der Waals surface area contributed by atoms with E-state index >= 15 is 0 Å². The van der Waals surface area contributed by atoms with Gasteiger partial charge in [0.25, 0.3) is 0 Å². The van der Waals surface area contributed by atoms with Gasteiger partial charge in [-0.2, -0.15) is 5.10 Å². The molecule has 1 aliphatic heterocycles. The maximum Gasteiger partial charge on any atom is 0.164 e. The van der Waals surface area contributed by atoms with Gasteiger partial charge in [0.15, 0.2) is 5.65 Å². The summed E-state index contributed by atoms with van der Waals surface area (Å²) in [4.78, 5) is 13.0. The molecule has 4 heterocycles. The number of fused-ring (bicyclic) bond motifs is 1.